The topological polar surface area (TPSA) is 29.3 Å². The summed E-state index contributed by atoms with van der Waals surface area (Å²) in [6, 6.07) is 3.07. The van der Waals surface area contributed by atoms with E-state index >= 15 is 0 Å². The molecule has 0 aliphatic carbocycles. The molecule has 0 spiro atoms. The Morgan fingerprint density at radius 2 is 2.06 bits per heavy atom. The molecule has 98 valence electrons. The predicted molar refractivity (Wildman–Crippen MR) is 80.5 cm³/mol. The largest absolute Gasteiger partial charge is 0.329 e. The lowest BCUT2D eigenvalue weighted by molar-refractivity contribution is 0.171. The van der Waals surface area contributed by atoms with E-state index in [1.165, 1.54) is 11.3 Å². The third-order valence-electron chi connectivity index (χ3n) is 3.14. The van der Waals surface area contributed by atoms with Gasteiger partial charge in [0, 0.05) is 27.3 Å². The van der Waals surface area contributed by atoms with Gasteiger partial charge in [-0.3, -0.25) is 4.90 Å². The average Bonchev–Trinajstić information content (AvgIpc) is 2.64. The Morgan fingerprint density at radius 1 is 1.41 bits per heavy atom. The number of likely N-dealkylation sites (N-methyl/N-ethyl adjacent to an activating group) is 1. The van der Waals surface area contributed by atoms with E-state index in [0.29, 0.717) is 18.6 Å². The van der Waals surface area contributed by atoms with E-state index in [9.17, 15) is 0 Å². The Bertz CT molecular complexity index is 338. The SMILES string of the molecule is CC(C)CC(C)N(C)C(CN)c1cc(Br)cs1. The fourth-order valence-electron chi connectivity index (χ4n) is 2.14. The summed E-state index contributed by atoms with van der Waals surface area (Å²) in [6.07, 6.45) is 1.21. The third-order valence-corrected chi connectivity index (χ3v) is 4.93. The molecular weight excluding hydrogens is 296 g/mol. The molecular formula is C13H23BrN2S. The molecule has 0 aromatic carbocycles. The molecule has 2 atom stereocenters. The van der Waals surface area contributed by atoms with Crippen LogP contribution in [0.25, 0.3) is 0 Å². The first kappa shape index (κ1) is 15.2. The lowest BCUT2D eigenvalue weighted by Gasteiger charge is -2.32. The number of hydrogen-bond acceptors (Lipinski definition) is 3. The average molecular weight is 319 g/mol. The van der Waals surface area contributed by atoms with Gasteiger partial charge in [0.25, 0.3) is 0 Å². The standard InChI is InChI=1S/C13H23BrN2S/c1-9(2)5-10(3)16(4)12(7-15)13-6-11(14)8-17-13/h6,8-10,12H,5,7,15H2,1-4H3. The second-order valence-corrected chi connectivity index (χ2v) is 6.92. The van der Waals surface area contributed by atoms with Crippen LogP contribution in [0.2, 0.25) is 0 Å². The van der Waals surface area contributed by atoms with Gasteiger partial charge in [0.15, 0.2) is 0 Å². The summed E-state index contributed by atoms with van der Waals surface area (Å²) in [5.74, 6) is 0.723. The summed E-state index contributed by atoms with van der Waals surface area (Å²) in [5.41, 5.74) is 5.93. The van der Waals surface area contributed by atoms with Crippen LogP contribution in [0.5, 0.6) is 0 Å². The van der Waals surface area contributed by atoms with Gasteiger partial charge in [-0.25, -0.2) is 0 Å². The molecule has 0 aliphatic rings. The first-order chi connectivity index (χ1) is 7.95. The summed E-state index contributed by atoms with van der Waals surface area (Å²) >= 11 is 5.29. The second-order valence-electron chi connectivity index (χ2n) is 5.06. The highest BCUT2D eigenvalue weighted by atomic mass is 79.9. The van der Waals surface area contributed by atoms with Crippen molar-refractivity contribution in [2.24, 2.45) is 11.7 Å². The molecule has 1 aromatic heterocycles. The minimum absolute atomic E-state index is 0.333. The lowest BCUT2D eigenvalue weighted by atomic mass is 10.0. The van der Waals surface area contributed by atoms with Crippen LogP contribution in [0.15, 0.2) is 15.9 Å². The summed E-state index contributed by atoms with van der Waals surface area (Å²) in [7, 11) is 2.18. The zero-order valence-electron chi connectivity index (χ0n) is 11.1. The molecule has 2 unspecified atom stereocenters. The third kappa shape index (κ3) is 4.36. The summed E-state index contributed by atoms with van der Waals surface area (Å²) in [5, 5.41) is 2.12. The maximum absolute atomic E-state index is 5.93. The number of hydrogen-bond donors (Lipinski definition) is 1. The lowest BCUT2D eigenvalue weighted by Crippen LogP contribution is -2.37. The molecule has 0 saturated carbocycles. The smallest absolute Gasteiger partial charge is 0.0564 e. The summed E-state index contributed by atoms with van der Waals surface area (Å²) in [4.78, 5) is 3.75. The van der Waals surface area contributed by atoms with Crippen LogP contribution in [0, 0.1) is 5.92 Å². The number of rotatable bonds is 6. The van der Waals surface area contributed by atoms with Crippen LogP contribution in [0.3, 0.4) is 0 Å². The highest BCUT2D eigenvalue weighted by Crippen LogP contribution is 2.30. The van der Waals surface area contributed by atoms with Crippen molar-refractivity contribution in [1.82, 2.24) is 4.90 Å². The van der Waals surface area contributed by atoms with Crippen LogP contribution in [0.4, 0.5) is 0 Å². The van der Waals surface area contributed by atoms with E-state index in [1.54, 1.807) is 11.3 Å². The fourth-order valence-corrected chi connectivity index (χ4v) is 3.75. The normalized spacial score (nSPS) is 15.5. The fraction of sp³-hybridized carbons (Fsp3) is 0.692. The number of nitrogens with zero attached hydrogens (tertiary/aromatic N) is 1. The van der Waals surface area contributed by atoms with E-state index in [0.717, 1.165) is 10.4 Å². The predicted octanol–water partition coefficient (Wildman–Crippen LogP) is 3.88. The molecule has 0 amide bonds. The van der Waals surface area contributed by atoms with Crippen molar-refractivity contribution < 1.29 is 0 Å². The van der Waals surface area contributed by atoms with Crippen LogP contribution in [-0.4, -0.2) is 24.5 Å². The minimum Gasteiger partial charge on any atom is -0.329 e. The molecule has 4 heteroatoms. The first-order valence-electron chi connectivity index (χ1n) is 6.11. The quantitative estimate of drug-likeness (QED) is 0.862. The highest BCUT2D eigenvalue weighted by Gasteiger charge is 2.22. The Hall–Kier alpha value is 0.1000. The molecule has 0 bridgehead atoms. The van der Waals surface area contributed by atoms with Crippen LogP contribution >= 0.6 is 27.3 Å². The Balaban J connectivity index is 2.73. The number of nitrogens with two attached hydrogens (primary N) is 1. The van der Waals surface area contributed by atoms with E-state index < -0.39 is 0 Å². The Kier molecular flexibility index (Phi) is 6.13. The maximum Gasteiger partial charge on any atom is 0.0564 e. The van der Waals surface area contributed by atoms with Gasteiger partial charge in [0.1, 0.15) is 0 Å². The molecule has 1 aromatic rings. The minimum atomic E-state index is 0.333. The molecule has 2 nitrogen and oxygen atoms in total. The van der Waals surface area contributed by atoms with Gasteiger partial charge in [0.05, 0.1) is 6.04 Å². The maximum atomic E-state index is 5.93. The van der Waals surface area contributed by atoms with E-state index in [2.05, 4.69) is 60.1 Å². The van der Waals surface area contributed by atoms with Crippen molar-refractivity contribution in [2.45, 2.75) is 39.3 Å². The van der Waals surface area contributed by atoms with E-state index in [-0.39, 0.29) is 0 Å². The molecule has 0 aliphatic heterocycles. The zero-order chi connectivity index (χ0) is 13.0. The monoisotopic (exact) mass is 318 g/mol. The molecule has 1 heterocycles. The van der Waals surface area contributed by atoms with Gasteiger partial charge in [-0.05, 0) is 48.3 Å². The van der Waals surface area contributed by atoms with Gasteiger partial charge >= 0.3 is 0 Å². The Labute approximate surface area is 117 Å². The first-order valence-corrected chi connectivity index (χ1v) is 7.78. The van der Waals surface area contributed by atoms with Crippen LogP contribution in [0.1, 0.15) is 38.1 Å². The van der Waals surface area contributed by atoms with Crippen molar-refractivity contribution in [1.29, 1.82) is 0 Å². The molecule has 0 fully saturated rings. The molecule has 17 heavy (non-hydrogen) atoms. The number of halogens is 1. The van der Waals surface area contributed by atoms with Gasteiger partial charge < -0.3 is 5.73 Å². The molecule has 0 radical (unpaired) electrons. The highest BCUT2D eigenvalue weighted by molar-refractivity contribution is 9.10. The zero-order valence-corrected chi connectivity index (χ0v) is 13.5. The van der Waals surface area contributed by atoms with Gasteiger partial charge in [-0.15, -0.1) is 11.3 Å². The molecule has 2 N–H and O–H groups in total. The van der Waals surface area contributed by atoms with Gasteiger partial charge in [0.2, 0.25) is 0 Å². The van der Waals surface area contributed by atoms with Crippen molar-refractivity contribution in [3.63, 3.8) is 0 Å². The van der Waals surface area contributed by atoms with Crippen molar-refractivity contribution >= 4 is 27.3 Å². The van der Waals surface area contributed by atoms with Crippen molar-refractivity contribution in [2.75, 3.05) is 13.6 Å². The van der Waals surface area contributed by atoms with Crippen molar-refractivity contribution in [3.05, 3.63) is 20.8 Å². The van der Waals surface area contributed by atoms with Crippen LogP contribution in [-0.2, 0) is 0 Å². The molecule has 0 saturated heterocycles. The van der Waals surface area contributed by atoms with Crippen LogP contribution < -0.4 is 5.73 Å². The number of thiophene rings is 1. The van der Waals surface area contributed by atoms with E-state index in [4.69, 9.17) is 5.73 Å². The summed E-state index contributed by atoms with van der Waals surface area (Å²) < 4.78 is 1.15. The summed E-state index contributed by atoms with van der Waals surface area (Å²) in [6.45, 7) is 7.49. The van der Waals surface area contributed by atoms with Gasteiger partial charge in [-0.2, -0.15) is 0 Å². The Morgan fingerprint density at radius 3 is 2.47 bits per heavy atom. The molecule has 1 rings (SSSR count). The van der Waals surface area contributed by atoms with Crippen molar-refractivity contribution in [3.8, 4) is 0 Å². The second kappa shape index (κ2) is 6.88. The van der Waals surface area contributed by atoms with Gasteiger partial charge in [-0.1, -0.05) is 13.8 Å². The van der Waals surface area contributed by atoms with E-state index in [1.807, 2.05) is 0 Å².